The predicted molar refractivity (Wildman–Crippen MR) is 94.4 cm³/mol. The molecule has 0 spiro atoms. The van der Waals surface area contributed by atoms with E-state index in [1.165, 1.54) is 31.4 Å². The van der Waals surface area contributed by atoms with Crippen LogP contribution in [0.15, 0.2) is 29.2 Å². The fourth-order valence-corrected chi connectivity index (χ4v) is 3.91. The Morgan fingerprint density at radius 2 is 1.92 bits per heavy atom. The minimum Gasteiger partial charge on any atom is -0.481 e. The zero-order valence-corrected chi connectivity index (χ0v) is 15.7. The maximum absolute atomic E-state index is 12.7. The zero-order chi connectivity index (χ0) is 19.3. The number of carboxylic acids is 1. The van der Waals surface area contributed by atoms with Gasteiger partial charge < -0.3 is 14.7 Å². The number of likely N-dealkylation sites (tertiary alicyclic amines) is 1. The molecule has 2 atom stereocenters. The third kappa shape index (κ3) is 4.80. The maximum atomic E-state index is 12.7. The molecule has 1 saturated heterocycles. The van der Waals surface area contributed by atoms with Crippen LogP contribution in [0.25, 0.3) is 0 Å². The summed E-state index contributed by atoms with van der Waals surface area (Å²) in [6.07, 6.45) is 1.17. The molecule has 26 heavy (non-hydrogen) atoms. The van der Waals surface area contributed by atoms with Crippen molar-refractivity contribution >= 4 is 21.9 Å². The fraction of sp³-hybridized carbons (Fsp3) is 0.529. The summed E-state index contributed by atoms with van der Waals surface area (Å²) < 4.78 is 31.5. The quantitative estimate of drug-likeness (QED) is 0.677. The standard InChI is InChI=1S/C17H24N2O6S/c1-12-3-4-14(17(21)22)11-19(12)16(20)13-5-7-15(8-6-13)26(23,24)18-9-10-25-2/h5-8,12,14,18H,3-4,9-11H2,1-2H3,(H,21,22). The van der Waals surface area contributed by atoms with Gasteiger partial charge in [-0.1, -0.05) is 0 Å². The van der Waals surface area contributed by atoms with Crippen LogP contribution in [0.3, 0.4) is 0 Å². The highest BCUT2D eigenvalue weighted by molar-refractivity contribution is 7.89. The average Bonchev–Trinajstić information content (AvgIpc) is 2.61. The van der Waals surface area contributed by atoms with Gasteiger partial charge in [0, 0.05) is 31.8 Å². The molecule has 1 aliphatic rings. The summed E-state index contributed by atoms with van der Waals surface area (Å²) in [5.74, 6) is -1.77. The molecule has 1 aliphatic heterocycles. The number of amides is 1. The number of hydrogen-bond acceptors (Lipinski definition) is 5. The summed E-state index contributed by atoms with van der Waals surface area (Å²) in [6, 6.07) is 5.57. The minimum absolute atomic E-state index is 0.0558. The van der Waals surface area contributed by atoms with Crippen molar-refractivity contribution in [2.45, 2.75) is 30.7 Å². The first-order valence-electron chi connectivity index (χ1n) is 8.38. The van der Waals surface area contributed by atoms with Gasteiger partial charge in [-0.05, 0) is 44.0 Å². The van der Waals surface area contributed by atoms with Gasteiger partial charge in [0.05, 0.1) is 17.4 Å². The van der Waals surface area contributed by atoms with Crippen LogP contribution in [0, 0.1) is 5.92 Å². The van der Waals surface area contributed by atoms with Crippen LogP contribution in [0.4, 0.5) is 0 Å². The molecule has 0 radical (unpaired) electrons. The summed E-state index contributed by atoms with van der Waals surface area (Å²) in [7, 11) is -2.19. The third-order valence-electron chi connectivity index (χ3n) is 4.50. The Hall–Kier alpha value is -1.97. The zero-order valence-electron chi connectivity index (χ0n) is 14.8. The van der Waals surface area contributed by atoms with Crippen LogP contribution in [0.5, 0.6) is 0 Å². The van der Waals surface area contributed by atoms with Gasteiger partial charge in [-0.2, -0.15) is 0 Å². The van der Waals surface area contributed by atoms with E-state index in [9.17, 15) is 23.1 Å². The summed E-state index contributed by atoms with van der Waals surface area (Å²) in [5, 5.41) is 9.19. The van der Waals surface area contributed by atoms with Crippen LogP contribution in [-0.2, 0) is 19.6 Å². The Morgan fingerprint density at radius 1 is 1.27 bits per heavy atom. The van der Waals surface area contributed by atoms with Crippen molar-refractivity contribution in [2.24, 2.45) is 5.92 Å². The first-order valence-corrected chi connectivity index (χ1v) is 9.87. The van der Waals surface area contributed by atoms with Crippen molar-refractivity contribution < 1.29 is 27.9 Å². The molecule has 9 heteroatoms. The van der Waals surface area contributed by atoms with E-state index in [0.29, 0.717) is 18.4 Å². The van der Waals surface area contributed by atoms with Gasteiger partial charge in [-0.25, -0.2) is 13.1 Å². The summed E-state index contributed by atoms with van der Waals surface area (Å²) in [6.45, 7) is 2.46. The number of nitrogens with one attached hydrogen (secondary N) is 1. The normalized spacial score (nSPS) is 20.8. The fourth-order valence-electron chi connectivity index (χ4n) is 2.90. The molecule has 0 saturated carbocycles. The smallest absolute Gasteiger partial charge is 0.308 e. The van der Waals surface area contributed by atoms with Gasteiger partial charge in [-0.15, -0.1) is 0 Å². The lowest BCUT2D eigenvalue weighted by molar-refractivity contribution is -0.143. The number of ether oxygens (including phenoxy) is 1. The maximum Gasteiger partial charge on any atom is 0.308 e. The number of benzene rings is 1. The Morgan fingerprint density at radius 3 is 2.50 bits per heavy atom. The summed E-state index contributed by atoms with van der Waals surface area (Å²) in [5.41, 5.74) is 0.332. The first-order chi connectivity index (χ1) is 12.3. The summed E-state index contributed by atoms with van der Waals surface area (Å²) >= 11 is 0. The van der Waals surface area contributed by atoms with Gasteiger partial charge in [0.25, 0.3) is 5.91 Å². The highest BCUT2D eigenvalue weighted by atomic mass is 32.2. The molecular weight excluding hydrogens is 360 g/mol. The highest BCUT2D eigenvalue weighted by Crippen LogP contribution is 2.24. The van der Waals surface area contributed by atoms with Crippen LogP contribution in [0.2, 0.25) is 0 Å². The number of aliphatic carboxylic acids is 1. The van der Waals surface area contributed by atoms with E-state index in [0.717, 1.165) is 0 Å². The lowest BCUT2D eigenvalue weighted by atomic mass is 9.93. The topological polar surface area (TPSA) is 113 Å². The second-order valence-corrected chi connectivity index (χ2v) is 8.10. The molecule has 1 aromatic carbocycles. The van der Waals surface area contributed by atoms with Gasteiger partial charge >= 0.3 is 5.97 Å². The van der Waals surface area contributed by atoms with E-state index < -0.39 is 21.9 Å². The largest absolute Gasteiger partial charge is 0.481 e. The van der Waals surface area contributed by atoms with E-state index >= 15 is 0 Å². The number of rotatable bonds is 7. The van der Waals surface area contributed by atoms with Crippen molar-refractivity contribution in [2.75, 3.05) is 26.8 Å². The molecule has 2 rings (SSSR count). The van der Waals surface area contributed by atoms with E-state index in [1.807, 2.05) is 6.92 Å². The van der Waals surface area contributed by atoms with Crippen LogP contribution in [0.1, 0.15) is 30.1 Å². The Labute approximate surface area is 153 Å². The number of carboxylic acid groups (broad SMARTS) is 1. The number of methoxy groups -OCH3 is 1. The molecule has 1 aromatic rings. The summed E-state index contributed by atoms with van der Waals surface area (Å²) in [4.78, 5) is 25.5. The molecule has 0 aromatic heterocycles. The number of sulfonamides is 1. The third-order valence-corrected chi connectivity index (χ3v) is 5.98. The number of carbonyl (C=O) groups excluding carboxylic acids is 1. The van der Waals surface area contributed by atoms with Crippen LogP contribution in [-0.4, -0.2) is 63.1 Å². The lowest BCUT2D eigenvalue weighted by Gasteiger charge is -2.36. The molecule has 0 bridgehead atoms. The molecule has 8 nitrogen and oxygen atoms in total. The van der Waals surface area contributed by atoms with E-state index in [-0.39, 0.29) is 36.5 Å². The second kappa shape index (κ2) is 8.61. The van der Waals surface area contributed by atoms with Gasteiger partial charge in [0.1, 0.15) is 0 Å². The molecule has 1 fully saturated rings. The monoisotopic (exact) mass is 384 g/mol. The van der Waals surface area contributed by atoms with Crippen LogP contribution >= 0.6 is 0 Å². The average molecular weight is 384 g/mol. The molecule has 0 aliphatic carbocycles. The van der Waals surface area contributed by atoms with E-state index in [2.05, 4.69) is 4.72 Å². The minimum atomic E-state index is -3.66. The SMILES string of the molecule is COCCNS(=O)(=O)c1ccc(C(=O)N2CC(C(=O)O)CCC2C)cc1. The lowest BCUT2D eigenvalue weighted by Crippen LogP contribution is -2.47. The molecule has 2 N–H and O–H groups in total. The van der Waals surface area contributed by atoms with Gasteiger partial charge in [0.2, 0.25) is 10.0 Å². The Balaban J connectivity index is 2.11. The number of piperidine rings is 1. The molecule has 1 heterocycles. The van der Waals surface area contributed by atoms with Gasteiger partial charge in [0.15, 0.2) is 0 Å². The number of carbonyl (C=O) groups is 2. The Kier molecular flexibility index (Phi) is 6.74. The van der Waals surface area contributed by atoms with Crippen molar-refractivity contribution in [1.29, 1.82) is 0 Å². The van der Waals surface area contributed by atoms with Crippen molar-refractivity contribution in [3.8, 4) is 0 Å². The van der Waals surface area contributed by atoms with Crippen molar-refractivity contribution in [3.63, 3.8) is 0 Å². The van der Waals surface area contributed by atoms with Crippen molar-refractivity contribution in [3.05, 3.63) is 29.8 Å². The Bertz CT molecular complexity index is 747. The van der Waals surface area contributed by atoms with E-state index in [1.54, 1.807) is 4.90 Å². The first kappa shape index (κ1) is 20.3. The molecule has 1 amide bonds. The molecule has 2 unspecified atom stereocenters. The number of nitrogens with zero attached hydrogens (tertiary/aromatic N) is 1. The van der Waals surface area contributed by atoms with E-state index in [4.69, 9.17) is 4.74 Å². The van der Waals surface area contributed by atoms with Crippen LogP contribution < -0.4 is 4.72 Å². The second-order valence-electron chi connectivity index (χ2n) is 6.33. The van der Waals surface area contributed by atoms with Gasteiger partial charge in [-0.3, -0.25) is 9.59 Å². The van der Waals surface area contributed by atoms with Crippen molar-refractivity contribution in [1.82, 2.24) is 9.62 Å². The highest BCUT2D eigenvalue weighted by Gasteiger charge is 2.33. The molecule has 144 valence electrons. The number of hydrogen-bond donors (Lipinski definition) is 2. The predicted octanol–water partition coefficient (Wildman–Crippen LogP) is 0.937. The molecular formula is C17H24N2O6S.